The van der Waals surface area contributed by atoms with Crippen LogP contribution in [0.4, 0.5) is 0 Å². The highest BCUT2D eigenvalue weighted by atomic mass is 32.2. The van der Waals surface area contributed by atoms with Crippen LogP contribution in [0.25, 0.3) is 0 Å². The molecular formula is C11H25NO2S. The average molecular weight is 235 g/mol. The van der Waals surface area contributed by atoms with E-state index in [9.17, 15) is 8.42 Å². The first-order valence-corrected chi connectivity index (χ1v) is 7.66. The summed E-state index contributed by atoms with van der Waals surface area (Å²) < 4.78 is 22.9. The Labute approximate surface area is 94.6 Å². The molecule has 3 nitrogen and oxygen atoms in total. The third-order valence-corrected chi connectivity index (χ3v) is 4.44. The molecule has 0 aromatic rings. The molecule has 0 spiro atoms. The summed E-state index contributed by atoms with van der Waals surface area (Å²) >= 11 is 0. The van der Waals surface area contributed by atoms with Gasteiger partial charge in [-0.05, 0) is 32.2 Å². The van der Waals surface area contributed by atoms with Crippen LogP contribution in [0.3, 0.4) is 0 Å². The smallest absolute Gasteiger partial charge is 0.151 e. The van der Waals surface area contributed by atoms with Gasteiger partial charge >= 0.3 is 0 Å². The van der Waals surface area contributed by atoms with E-state index < -0.39 is 9.84 Å². The average Bonchev–Trinajstić information content (AvgIpc) is 2.09. The molecule has 1 N–H and O–H groups in total. The van der Waals surface area contributed by atoms with Crippen molar-refractivity contribution in [3.63, 3.8) is 0 Å². The van der Waals surface area contributed by atoms with Crippen LogP contribution >= 0.6 is 0 Å². The Morgan fingerprint density at radius 3 is 2.00 bits per heavy atom. The molecule has 0 aromatic heterocycles. The third kappa shape index (κ3) is 6.15. The number of rotatable bonds is 7. The van der Waals surface area contributed by atoms with E-state index >= 15 is 0 Å². The van der Waals surface area contributed by atoms with Crippen molar-refractivity contribution in [2.45, 2.75) is 51.8 Å². The largest absolute Gasteiger partial charge is 0.313 e. The van der Waals surface area contributed by atoms with E-state index in [1.54, 1.807) is 6.92 Å². The van der Waals surface area contributed by atoms with Gasteiger partial charge in [-0.25, -0.2) is 8.42 Å². The van der Waals surface area contributed by atoms with Gasteiger partial charge in [-0.1, -0.05) is 20.8 Å². The van der Waals surface area contributed by atoms with Crippen molar-refractivity contribution in [3.05, 3.63) is 0 Å². The van der Waals surface area contributed by atoms with Gasteiger partial charge in [0.1, 0.15) is 0 Å². The summed E-state index contributed by atoms with van der Waals surface area (Å²) in [5.74, 6) is 0.623. The molecule has 0 radical (unpaired) electrons. The van der Waals surface area contributed by atoms with Gasteiger partial charge in [-0.2, -0.15) is 0 Å². The minimum Gasteiger partial charge on any atom is -0.313 e. The number of sulfone groups is 1. The van der Waals surface area contributed by atoms with E-state index in [0.29, 0.717) is 5.92 Å². The maximum atomic E-state index is 11.5. The maximum Gasteiger partial charge on any atom is 0.151 e. The fraction of sp³-hybridized carbons (Fsp3) is 1.00. The highest BCUT2D eigenvalue weighted by Gasteiger charge is 2.24. The van der Waals surface area contributed by atoms with Gasteiger partial charge in [0.25, 0.3) is 0 Å². The molecule has 92 valence electrons. The van der Waals surface area contributed by atoms with E-state index in [1.807, 2.05) is 6.92 Å². The van der Waals surface area contributed by atoms with Crippen molar-refractivity contribution >= 4 is 9.84 Å². The van der Waals surface area contributed by atoms with Crippen LogP contribution in [-0.2, 0) is 9.84 Å². The second-order valence-corrected chi connectivity index (χ2v) is 7.07. The molecule has 0 aliphatic rings. The summed E-state index contributed by atoms with van der Waals surface area (Å²) in [6, 6.07) is 0.0902. The van der Waals surface area contributed by atoms with Gasteiger partial charge in [0, 0.05) is 12.3 Å². The molecule has 0 heterocycles. The lowest BCUT2D eigenvalue weighted by Gasteiger charge is -2.24. The minimum absolute atomic E-state index is 0.0902. The molecule has 0 saturated heterocycles. The summed E-state index contributed by atoms with van der Waals surface area (Å²) in [6.45, 7) is 8.95. The predicted octanol–water partition coefficient (Wildman–Crippen LogP) is 1.83. The zero-order valence-corrected chi connectivity index (χ0v) is 11.4. The van der Waals surface area contributed by atoms with Crippen LogP contribution in [0, 0.1) is 5.92 Å². The summed E-state index contributed by atoms with van der Waals surface area (Å²) in [5, 5.41) is 2.97. The third-order valence-electron chi connectivity index (χ3n) is 2.76. The molecule has 0 aliphatic heterocycles. The zero-order chi connectivity index (χ0) is 12.1. The quantitative estimate of drug-likeness (QED) is 0.732. The van der Waals surface area contributed by atoms with E-state index in [0.717, 1.165) is 19.4 Å². The molecule has 0 aliphatic carbocycles. The molecule has 15 heavy (non-hydrogen) atoms. The van der Waals surface area contributed by atoms with Gasteiger partial charge in [-0.15, -0.1) is 0 Å². The van der Waals surface area contributed by atoms with Crippen LogP contribution in [0.15, 0.2) is 0 Å². The zero-order valence-electron chi connectivity index (χ0n) is 10.6. The van der Waals surface area contributed by atoms with Gasteiger partial charge in [-0.3, -0.25) is 0 Å². The Kier molecular flexibility index (Phi) is 6.44. The van der Waals surface area contributed by atoms with Crippen LogP contribution in [0.5, 0.6) is 0 Å². The van der Waals surface area contributed by atoms with Crippen molar-refractivity contribution in [1.29, 1.82) is 0 Å². The summed E-state index contributed by atoms with van der Waals surface area (Å²) in [4.78, 5) is 0. The van der Waals surface area contributed by atoms with E-state index in [4.69, 9.17) is 0 Å². The van der Waals surface area contributed by atoms with Crippen LogP contribution in [0.2, 0.25) is 0 Å². The molecule has 4 heteroatoms. The lowest BCUT2D eigenvalue weighted by molar-refractivity contribution is 0.424. The van der Waals surface area contributed by atoms with Crippen molar-refractivity contribution in [2.24, 2.45) is 5.92 Å². The lowest BCUT2D eigenvalue weighted by atomic mass is 10.0. The Hall–Kier alpha value is -0.0900. The first-order chi connectivity index (χ1) is 6.79. The Morgan fingerprint density at radius 1 is 1.13 bits per heavy atom. The molecule has 0 saturated carbocycles. The van der Waals surface area contributed by atoms with E-state index in [-0.39, 0.29) is 11.3 Å². The summed E-state index contributed by atoms with van der Waals surface area (Å²) in [5.41, 5.74) is 0. The highest BCUT2D eigenvalue weighted by Crippen LogP contribution is 2.13. The van der Waals surface area contributed by atoms with Crippen molar-refractivity contribution in [1.82, 2.24) is 5.32 Å². The van der Waals surface area contributed by atoms with Gasteiger partial charge in [0.2, 0.25) is 0 Å². The van der Waals surface area contributed by atoms with E-state index in [2.05, 4.69) is 19.2 Å². The van der Waals surface area contributed by atoms with Gasteiger partial charge in [0.05, 0.1) is 5.25 Å². The maximum absolute atomic E-state index is 11.5. The molecule has 0 rings (SSSR count). The Bertz CT molecular complexity index is 260. The molecule has 0 fully saturated rings. The first kappa shape index (κ1) is 14.9. The van der Waals surface area contributed by atoms with Crippen LogP contribution in [-0.4, -0.2) is 32.5 Å². The monoisotopic (exact) mass is 235 g/mol. The molecule has 0 bridgehead atoms. The van der Waals surface area contributed by atoms with Crippen molar-refractivity contribution in [2.75, 3.05) is 12.8 Å². The van der Waals surface area contributed by atoms with Crippen molar-refractivity contribution < 1.29 is 8.42 Å². The van der Waals surface area contributed by atoms with Crippen molar-refractivity contribution in [3.8, 4) is 0 Å². The normalized spacial score (nSPS) is 16.7. The molecule has 2 unspecified atom stereocenters. The molecular weight excluding hydrogens is 210 g/mol. The fourth-order valence-corrected chi connectivity index (χ4v) is 2.41. The topological polar surface area (TPSA) is 46.2 Å². The first-order valence-electron chi connectivity index (χ1n) is 5.71. The number of hydrogen-bond donors (Lipinski definition) is 1. The van der Waals surface area contributed by atoms with Gasteiger partial charge < -0.3 is 5.32 Å². The lowest BCUT2D eigenvalue weighted by Crippen LogP contribution is -2.42. The molecule has 0 aromatic carbocycles. The summed E-state index contributed by atoms with van der Waals surface area (Å²) in [6.07, 6.45) is 3.31. The SMILES string of the molecule is CCNC(CCC(C)C)C(C)S(C)(=O)=O. The minimum atomic E-state index is -2.93. The second kappa shape index (κ2) is 6.48. The van der Waals surface area contributed by atoms with Gasteiger partial charge in [0.15, 0.2) is 9.84 Å². The molecule has 0 amide bonds. The van der Waals surface area contributed by atoms with E-state index in [1.165, 1.54) is 6.26 Å². The number of nitrogens with one attached hydrogen (secondary N) is 1. The fourth-order valence-electron chi connectivity index (χ4n) is 1.58. The predicted molar refractivity (Wildman–Crippen MR) is 65.8 cm³/mol. The second-order valence-electron chi connectivity index (χ2n) is 4.67. The van der Waals surface area contributed by atoms with Crippen LogP contribution < -0.4 is 5.32 Å². The summed E-state index contributed by atoms with van der Waals surface area (Å²) in [7, 11) is -2.93. The molecule has 2 atom stereocenters. The van der Waals surface area contributed by atoms with Crippen LogP contribution in [0.1, 0.15) is 40.5 Å². The Morgan fingerprint density at radius 2 is 1.67 bits per heavy atom. The standard InChI is InChI=1S/C11H25NO2S/c1-6-12-11(8-7-9(2)3)10(4)15(5,13)14/h9-12H,6-8H2,1-5H3. The highest BCUT2D eigenvalue weighted by molar-refractivity contribution is 7.91. The number of hydrogen-bond acceptors (Lipinski definition) is 3. The Balaban J connectivity index is 4.38.